The summed E-state index contributed by atoms with van der Waals surface area (Å²) in [5, 5.41) is 0. The van der Waals surface area contributed by atoms with E-state index in [2.05, 4.69) is 32.7 Å². The van der Waals surface area contributed by atoms with Crippen molar-refractivity contribution in [1.82, 2.24) is 0 Å². The van der Waals surface area contributed by atoms with Gasteiger partial charge in [0.05, 0.1) is 0 Å². The van der Waals surface area contributed by atoms with E-state index in [0.717, 1.165) is 0 Å². The molecule has 1 nitrogen and oxygen atoms in total. The van der Waals surface area contributed by atoms with Gasteiger partial charge in [0.15, 0.2) is 0 Å². The molecule has 0 amide bonds. The van der Waals surface area contributed by atoms with Gasteiger partial charge >= 0.3 is 32.7 Å². The van der Waals surface area contributed by atoms with Gasteiger partial charge in [0.25, 0.3) is 0 Å². The van der Waals surface area contributed by atoms with Crippen LogP contribution in [-0.2, 0) is 15.9 Å². The molecule has 2 N–H and O–H groups in total. The average molecular weight is 106 g/mol. The molecule has 2 heteroatoms. The van der Waals surface area contributed by atoms with E-state index in [1.54, 1.807) is 0 Å². The van der Waals surface area contributed by atoms with E-state index >= 15 is 0 Å². The SMILES string of the molecule is C=C=[C]=[Cr].[NH2-]. The molecule has 5 heavy (non-hydrogen) atoms. The molecule has 28 valence electrons. The van der Waals surface area contributed by atoms with Gasteiger partial charge in [-0.05, 0) is 0 Å². The van der Waals surface area contributed by atoms with Crippen LogP contribution in [0, 0.1) is 0 Å². The van der Waals surface area contributed by atoms with Crippen molar-refractivity contribution in [2.45, 2.75) is 0 Å². The third-order valence-corrected chi connectivity index (χ3v) is 0.298. The topological polar surface area (TPSA) is 33.5 Å². The first-order valence-electron chi connectivity index (χ1n) is 0.808. The summed E-state index contributed by atoms with van der Waals surface area (Å²) in [7, 11) is 0. The van der Waals surface area contributed by atoms with Crippen LogP contribution in [0.25, 0.3) is 6.15 Å². The predicted molar refractivity (Wildman–Crippen MR) is 19.4 cm³/mol. The van der Waals surface area contributed by atoms with Gasteiger partial charge in [0.2, 0.25) is 0 Å². The second kappa shape index (κ2) is 9.06. The predicted octanol–water partition coefficient (Wildman–Crippen LogP) is 0.992. The Balaban J connectivity index is 0. The van der Waals surface area contributed by atoms with Crippen molar-refractivity contribution < 1.29 is 15.9 Å². The van der Waals surface area contributed by atoms with Crippen LogP contribution in [-0.4, -0.2) is 4.54 Å². The molecule has 0 aliphatic rings. The zero-order chi connectivity index (χ0) is 3.41. The largest absolute Gasteiger partial charge is 0.693 e. The third-order valence-electron chi connectivity index (χ3n) is 0.0722. The molecule has 0 saturated carbocycles. The van der Waals surface area contributed by atoms with Gasteiger partial charge in [-0.15, -0.1) is 0 Å². The molecule has 0 fully saturated rings. The summed E-state index contributed by atoms with van der Waals surface area (Å²) in [5.74, 6) is 0. The second-order valence-corrected chi connectivity index (χ2v) is 0.598. The Morgan fingerprint density at radius 3 is 1.80 bits per heavy atom. The van der Waals surface area contributed by atoms with Crippen LogP contribution in [0.3, 0.4) is 0 Å². The van der Waals surface area contributed by atoms with E-state index in [1.807, 2.05) is 0 Å². The minimum absolute atomic E-state index is 0. The Labute approximate surface area is 39.5 Å². The zero-order valence-corrected chi connectivity index (χ0v) is 3.97. The normalized spacial score (nSPS) is 2.40. The Morgan fingerprint density at radius 2 is 1.80 bits per heavy atom. The van der Waals surface area contributed by atoms with E-state index in [-0.39, 0.29) is 6.15 Å². The van der Waals surface area contributed by atoms with E-state index in [4.69, 9.17) is 0 Å². The molecule has 0 heterocycles. The van der Waals surface area contributed by atoms with E-state index in [9.17, 15) is 0 Å². The molecule has 0 saturated heterocycles. The molecule has 0 bridgehead atoms. The molecule has 0 aromatic rings. The number of nitrogens with two attached hydrogens (primary N) is 1. The quantitative estimate of drug-likeness (QED) is 0.413. The standard InChI is InChI=1S/C3H2.Cr.H2N/c1-3-2;;/h1H2;;1H2/q;;-1. The van der Waals surface area contributed by atoms with Crippen molar-refractivity contribution in [2.75, 3.05) is 0 Å². The van der Waals surface area contributed by atoms with E-state index in [1.165, 1.54) is 0 Å². The molecule has 0 radical (unpaired) electrons. The van der Waals surface area contributed by atoms with E-state index in [0.29, 0.717) is 0 Å². The van der Waals surface area contributed by atoms with Crippen LogP contribution >= 0.6 is 0 Å². The summed E-state index contributed by atoms with van der Waals surface area (Å²) in [4.78, 5) is 0. The minimum atomic E-state index is 0. The fourth-order valence-electron chi connectivity index (χ4n) is 0. The number of rotatable bonds is 0. The van der Waals surface area contributed by atoms with Crippen molar-refractivity contribution in [3.8, 4) is 0 Å². The van der Waals surface area contributed by atoms with Crippen molar-refractivity contribution in [3.63, 3.8) is 0 Å². The molecule has 0 aromatic heterocycles. The van der Waals surface area contributed by atoms with Crippen LogP contribution in [0.2, 0.25) is 0 Å². The summed E-state index contributed by atoms with van der Waals surface area (Å²) in [6.45, 7) is 3.21. The van der Waals surface area contributed by atoms with Gasteiger partial charge in [-0.2, -0.15) is 0 Å². The molecule has 0 aliphatic carbocycles. The first-order chi connectivity index (χ1) is 1.91. The third kappa shape index (κ3) is 17.0. The maximum Gasteiger partial charge on any atom is -0.693 e. The Morgan fingerprint density at radius 1 is 1.60 bits per heavy atom. The Kier molecular flexibility index (Phi) is 16.1. The van der Waals surface area contributed by atoms with Gasteiger partial charge < -0.3 is 6.15 Å². The van der Waals surface area contributed by atoms with Crippen molar-refractivity contribution >= 4 is 4.54 Å². The van der Waals surface area contributed by atoms with Gasteiger partial charge in [-0.3, -0.25) is 0 Å². The molecule has 0 aliphatic heterocycles. The first-order valence-corrected chi connectivity index (χ1v) is 1.45. The molecule has 0 aromatic carbocycles. The smallest absolute Gasteiger partial charge is 0.693 e. The van der Waals surface area contributed by atoms with Gasteiger partial charge in [0, 0.05) is 0 Å². The first kappa shape index (κ1) is 8.87. The summed E-state index contributed by atoms with van der Waals surface area (Å²) in [5.41, 5.74) is 2.38. The maximum atomic E-state index is 3.21. The minimum Gasteiger partial charge on any atom is -0.693 e. The Hall–Kier alpha value is -0.0775. The fraction of sp³-hybridized carbons (Fsp3) is 0. The summed E-state index contributed by atoms with van der Waals surface area (Å²) in [6, 6.07) is 0. The molecular weight excluding hydrogens is 102 g/mol. The second-order valence-electron chi connectivity index (χ2n) is 0.279. The van der Waals surface area contributed by atoms with Crippen molar-refractivity contribution in [1.29, 1.82) is 0 Å². The van der Waals surface area contributed by atoms with Crippen LogP contribution in [0.4, 0.5) is 0 Å². The zero-order valence-electron chi connectivity index (χ0n) is 2.69. The van der Waals surface area contributed by atoms with Crippen LogP contribution < -0.4 is 0 Å². The maximum absolute atomic E-state index is 3.21. The van der Waals surface area contributed by atoms with Gasteiger partial charge in [-0.1, -0.05) is 0 Å². The van der Waals surface area contributed by atoms with E-state index < -0.39 is 0 Å². The number of hydrogen-bond donors (Lipinski definition) is 0. The van der Waals surface area contributed by atoms with Crippen molar-refractivity contribution in [3.05, 3.63) is 18.5 Å². The molecular formula is C3H4CrN-. The molecule has 0 spiro atoms. The monoisotopic (exact) mass is 106 g/mol. The van der Waals surface area contributed by atoms with Crippen LogP contribution in [0.15, 0.2) is 12.3 Å². The molecule has 0 unspecified atom stereocenters. The summed E-state index contributed by atoms with van der Waals surface area (Å²) >= 11 is 2.47. The number of hydrogen-bond acceptors (Lipinski definition) is 0. The molecule has 0 rings (SSSR count). The summed E-state index contributed by atoms with van der Waals surface area (Å²) < 4.78 is 2.44. The average Bonchev–Trinajstić information content (AvgIpc) is 1.37. The Bertz CT molecular complexity index is 57.0. The fourth-order valence-corrected chi connectivity index (χ4v) is 0. The van der Waals surface area contributed by atoms with Gasteiger partial charge in [-0.25, -0.2) is 0 Å². The summed E-state index contributed by atoms with van der Waals surface area (Å²) in [6.07, 6.45) is 0. The molecule has 0 atom stereocenters. The van der Waals surface area contributed by atoms with Crippen LogP contribution in [0.1, 0.15) is 0 Å². The van der Waals surface area contributed by atoms with Crippen LogP contribution in [0.5, 0.6) is 0 Å². The van der Waals surface area contributed by atoms with Crippen molar-refractivity contribution in [2.24, 2.45) is 0 Å². The van der Waals surface area contributed by atoms with Gasteiger partial charge in [0.1, 0.15) is 0 Å².